The summed E-state index contributed by atoms with van der Waals surface area (Å²) in [5.41, 5.74) is 0.903. The van der Waals surface area contributed by atoms with Gasteiger partial charge in [0.25, 0.3) is 0 Å². The van der Waals surface area contributed by atoms with Gasteiger partial charge >= 0.3 is 0 Å². The molecule has 0 bridgehead atoms. The molecule has 0 radical (unpaired) electrons. The molecule has 20 heavy (non-hydrogen) atoms. The largest absolute Gasteiger partial charge is 0.381 e. The Bertz CT molecular complexity index is 475. The van der Waals surface area contributed by atoms with Crippen molar-refractivity contribution in [2.75, 3.05) is 19.1 Å². The van der Waals surface area contributed by atoms with Crippen LogP contribution in [-0.2, 0) is 16.1 Å². The quantitative estimate of drug-likeness (QED) is 0.783. The Morgan fingerprint density at radius 2 is 2.30 bits per heavy atom. The van der Waals surface area contributed by atoms with E-state index in [0.29, 0.717) is 24.8 Å². The molecule has 0 aliphatic carbocycles. The summed E-state index contributed by atoms with van der Waals surface area (Å²) < 4.78 is 5.54. The van der Waals surface area contributed by atoms with Crippen molar-refractivity contribution in [2.24, 2.45) is 5.41 Å². The second-order valence-electron chi connectivity index (χ2n) is 5.75. The Balaban J connectivity index is 2.23. The summed E-state index contributed by atoms with van der Waals surface area (Å²) in [6.45, 7) is 6.10. The van der Waals surface area contributed by atoms with E-state index in [1.54, 1.807) is 11.3 Å². The number of carbonyl (C=O) groups excluding carboxylic acids is 1. The molecule has 112 valence electrons. The third kappa shape index (κ3) is 3.48. The summed E-state index contributed by atoms with van der Waals surface area (Å²) in [6.07, 6.45) is 0.831. The minimum Gasteiger partial charge on any atom is -0.381 e. The molecule has 1 unspecified atom stereocenters. The number of ether oxygens (including phenoxy) is 1. The molecule has 1 fully saturated rings. The van der Waals surface area contributed by atoms with E-state index in [-0.39, 0.29) is 23.2 Å². The third-order valence-electron chi connectivity index (χ3n) is 3.75. The van der Waals surface area contributed by atoms with Gasteiger partial charge in [0.2, 0.25) is 5.91 Å². The zero-order valence-electron chi connectivity index (χ0n) is 11.7. The van der Waals surface area contributed by atoms with Crippen molar-refractivity contribution in [2.45, 2.75) is 32.9 Å². The first-order valence-electron chi connectivity index (χ1n) is 6.59. The van der Waals surface area contributed by atoms with E-state index in [1.165, 1.54) is 0 Å². The highest BCUT2D eigenvalue weighted by Gasteiger charge is 2.39. The molecule has 2 heterocycles. The Morgan fingerprint density at radius 1 is 1.55 bits per heavy atom. The number of nitrogens with zero attached hydrogens (tertiary/aromatic N) is 1. The van der Waals surface area contributed by atoms with Crippen LogP contribution in [0.2, 0.25) is 5.02 Å². The number of hydrogen-bond acceptors (Lipinski definition) is 3. The van der Waals surface area contributed by atoms with Gasteiger partial charge in [0.05, 0.1) is 11.6 Å². The average molecular weight is 336 g/mol. The molecule has 0 aromatic carbocycles. The molecule has 1 aliphatic heterocycles. The van der Waals surface area contributed by atoms with E-state index in [9.17, 15) is 4.79 Å². The van der Waals surface area contributed by atoms with Gasteiger partial charge in [0.1, 0.15) is 5.88 Å². The summed E-state index contributed by atoms with van der Waals surface area (Å²) in [5, 5.41) is 4.59. The van der Waals surface area contributed by atoms with Crippen LogP contribution in [0, 0.1) is 5.41 Å². The molecule has 1 saturated heterocycles. The van der Waals surface area contributed by atoms with Gasteiger partial charge in [-0.3, -0.25) is 4.79 Å². The zero-order valence-corrected chi connectivity index (χ0v) is 14.0. The number of rotatable bonds is 4. The molecular formula is C14H19Cl2NO2S. The predicted molar refractivity (Wildman–Crippen MR) is 83.6 cm³/mol. The molecule has 0 spiro atoms. The Kier molecular flexibility index (Phi) is 5.35. The Hall–Kier alpha value is -0.290. The molecule has 1 amide bonds. The molecule has 3 nitrogen and oxygen atoms in total. The molecule has 0 N–H and O–H groups in total. The molecule has 1 aliphatic rings. The first kappa shape index (κ1) is 16.1. The normalized spacial score (nSPS) is 21.7. The number of alkyl halides is 1. The lowest BCUT2D eigenvalue weighted by molar-refractivity contribution is -0.140. The van der Waals surface area contributed by atoms with Gasteiger partial charge in [0.15, 0.2) is 0 Å². The van der Waals surface area contributed by atoms with Gasteiger partial charge in [-0.05, 0) is 11.8 Å². The molecule has 2 rings (SSSR count). The number of hydrogen-bond donors (Lipinski definition) is 0. The van der Waals surface area contributed by atoms with Gasteiger partial charge in [0, 0.05) is 35.6 Å². The number of carbonyl (C=O) groups is 1. The minimum absolute atomic E-state index is 0.00477. The summed E-state index contributed by atoms with van der Waals surface area (Å²) >= 11 is 13.5. The standard InChI is InChI=1S/C14H19Cl2NO2S/c1-14(2)9-19-4-3-12(14)17(13(18)5-15)6-10-7-20-8-11(10)16/h7-8,12H,3-6,9H2,1-2H3. The van der Waals surface area contributed by atoms with Crippen molar-refractivity contribution < 1.29 is 9.53 Å². The lowest BCUT2D eigenvalue weighted by atomic mass is 9.80. The Morgan fingerprint density at radius 3 is 2.85 bits per heavy atom. The number of halogens is 2. The second-order valence-corrected chi connectivity index (χ2v) is 7.16. The van der Waals surface area contributed by atoms with E-state index in [1.807, 2.05) is 15.7 Å². The molecule has 6 heteroatoms. The number of amides is 1. The molecule has 0 saturated carbocycles. The van der Waals surface area contributed by atoms with Crippen LogP contribution in [0.4, 0.5) is 0 Å². The van der Waals surface area contributed by atoms with Gasteiger partial charge in [-0.15, -0.1) is 11.6 Å². The van der Waals surface area contributed by atoms with Crippen molar-refractivity contribution in [1.82, 2.24) is 4.90 Å². The maximum atomic E-state index is 12.3. The molecular weight excluding hydrogens is 317 g/mol. The lowest BCUT2D eigenvalue weighted by Gasteiger charge is -2.45. The zero-order chi connectivity index (χ0) is 14.8. The van der Waals surface area contributed by atoms with Crippen molar-refractivity contribution in [3.8, 4) is 0 Å². The summed E-state index contributed by atoms with van der Waals surface area (Å²) in [4.78, 5) is 14.1. The fraction of sp³-hybridized carbons (Fsp3) is 0.643. The lowest BCUT2D eigenvalue weighted by Crippen LogP contribution is -2.53. The van der Waals surface area contributed by atoms with E-state index < -0.39 is 0 Å². The number of thiophene rings is 1. The fourth-order valence-corrected chi connectivity index (χ4v) is 3.84. The van der Waals surface area contributed by atoms with Crippen molar-refractivity contribution in [1.29, 1.82) is 0 Å². The van der Waals surface area contributed by atoms with Crippen molar-refractivity contribution in [3.05, 3.63) is 21.3 Å². The first-order valence-corrected chi connectivity index (χ1v) is 8.45. The summed E-state index contributed by atoms with van der Waals surface area (Å²) in [7, 11) is 0. The predicted octanol–water partition coefficient (Wildman–Crippen LogP) is 3.78. The summed E-state index contributed by atoms with van der Waals surface area (Å²) in [6, 6.07) is 0.124. The highest BCUT2D eigenvalue weighted by atomic mass is 35.5. The van der Waals surface area contributed by atoms with E-state index in [0.717, 1.165) is 12.0 Å². The maximum Gasteiger partial charge on any atom is 0.238 e. The van der Waals surface area contributed by atoms with Gasteiger partial charge in [-0.25, -0.2) is 0 Å². The van der Waals surface area contributed by atoms with Crippen LogP contribution in [0.25, 0.3) is 0 Å². The highest BCUT2D eigenvalue weighted by molar-refractivity contribution is 7.08. The van der Waals surface area contributed by atoms with E-state index in [4.69, 9.17) is 27.9 Å². The van der Waals surface area contributed by atoms with Crippen molar-refractivity contribution in [3.63, 3.8) is 0 Å². The van der Waals surface area contributed by atoms with Crippen LogP contribution in [0.1, 0.15) is 25.8 Å². The Labute approximate surface area is 133 Å². The van der Waals surface area contributed by atoms with Gasteiger partial charge in [-0.2, -0.15) is 11.3 Å². The topological polar surface area (TPSA) is 29.5 Å². The molecule has 1 aromatic heterocycles. The maximum absolute atomic E-state index is 12.3. The van der Waals surface area contributed by atoms with Crippen LogP contribution in [0.3, 0.4) is 0 Å². The van der Waals surface area contributed by atoms with Crippen LogP contribution in [-0.4, -0.2) is 35.9 Å². The third-order valence-corrected chi connectivity index (χ3v) is 5.25. The molecule has 1 aromatic rings. The van der Waals surface area contributed by atoms with Crippen LogP contribution < -0.4 is 0 Å². The average Bonchev–Trinajstić information content (AvgIpc) is 2.81. The van der Waals surface area contributed by atoms with E-state index in [2.05, 4.69) is 13.8 Å². The second kappa shape index (κ2) is 6.65. The highest BCUT2D eigenvalue weighted by Crippen LogP contribution is 2.34. The van der Waals surface area contributed by atoms with Crippen LogP contribution in [0.5, 0.6) is 0 Å². The first-order chi connectivity index (χ1) is 9.45. The van der Waals surface area contributed by atoms with E-state index >= 15 is 0 Å². The van der Waals surface area contributed by atoms with Gasteiger partial charge < -0.3 is 9.64 Å². The van der Waals surface area contributed by atoms with Crippen LogP contribution >= 0.6 is 34.5 Å². The SMILES string of the molecule is CC1(C)COCCC1N(Cc1cscc1Cl)C(=O)CCl. The van der Waals surface area contributed by atoms with Gasteiger partial charge in [-0.1, -0.05) is 25.4 Å². The van der Waals surface area contributed by atoms with Crippen LogP contribution in [0.15, 0.2) is 10.8 Å². The fourth-order valence-electron chi connectivity index (χ4n) is 2.65. The molecule has 1 atom stereocenters. The van der Waals surface area contributed by atoms with Crippen molar-refractivity contribution >= 4 is 40.4 Å². The monoisotopic (exact) mass is 335 g/mol. The minimum atomic E-state index is -0.0809. The summed E-state index contributed by atoms with van der Waals surface area (Å²) in [5.74, 6) is -0.0521. The smallest absolute Gasteiger partial charge is 0.238 e.